The monoisotopic (exact) mass is 435 g/mol. The highest BCUT2D eigenvalue weighted by Crippen LogP contribution is 2.39. The number of phenols is 1. The van der Waals surface area contributed by atoms with Crippen molar-refractivity contribution >= 4 is 39.4 Å². The van der Waals surface area contributed by atoms with Crippen LogP contribution in [-0.2, 0) is 17.7 Å². The van der Waals surface area contributed by atoms with Gasteiger partial charge in [-0.1, -0.05) is 49.6 Å². The van der Waals surface area contributed by atoms with Gasteiger partial charge in [-0.05, 0) is 60.4 Å². The number of hydrogen-bond donors (Lipinski definition) is 1. The molecule has 0 radical (unpaired) electrons. The van der Waals surface area contributed by atoms with Gasteiger partial charge in [0, 0.05) is 17.0 Å². The van der Waals surface area contributed by atoms with E-state index in [1.54, 1.807) is 6.07 Å². The van der Waals surface area contributed by atoms with Crippen LogP contribution in [0.4, 0.5) is 0 Å². The Kier molecular flexibility index (Phi) is 6.19. The Morgan fingerprint density at radius 3 is 2.55 bits per heavy atom. The van der Waals surface area contributed by atoms with E-state index in [1.807, 2.05) is 42.5 Å². The molecule has 1 N–H and O–H groups in total. The summed E-state index contributed by atoms with van der Waals surface area (Å²) in [7, 11) is 1.37. The summed E-state index contributed by atoms with van der Waals surface area (Å²) in [5.74, 6) is -0.228. The van der Waals surface area contributed by atoms with Gasteiger partial charge in [0.1, 0.15) is 5.75 Å². The minimum Gasteiger partial charge on any atom is -0.507 e. The van der Waals surface area contributed by atoms with Gasteiger partial charge in [0.25, 0.3) is 0 Å². The maximum absolute atomic E-state index is 12.5. The number of fused-ring (bicyclic) bond motifs is 3. The van der Waals surface area contributed by atoms with E-state index in [4.69, 9.17) is 16.3 Å². The number of halogens is 1. The largest absolute Gasteiger partial charge is 0.507 e. The molecule has 0 saturated heterocycles. The average Bonchev–Trinajstić information content (AvgIpc) is 3.07. The van der Waals surface area contributed by atoms with Crippen LogP contribution in [0.2, 0.25) is 5.02 Å². The van der Waals surface area contributed by atoms with Crippen molar-refractivity contribution < 1.29 is 14.6 Å². The molecule has 5 heteroatoms. The maximum atomic E-state index is 12.5. The second-order valence-corrected chi connectivity index (χ2v) is 8.31. The Morgan fingerprint density at radius 2 is 1.81 bits per heavy atom. The second kappa shape index (κ2) is 9.03. The molecule has 4 rings (SSSR count). The van der Waals surface area contributed by atoms with Gasteiger partial charge < -0.3 is 14.4 Å². The number of carbonyl (C=O) groups is 1. The molecule has 1 heterocycles. The van der Waals surface area contributed by atoms with Gasteiger partial charge in [0.15, 0.2) is 0 Å². The predicted octanol–water partition coefficient (Wildman–Crippen LogP) is 6.72. The molecular formula is C26H26ClNO3. The molecule has 31 heavy (non-hydrogen) atoms. The van der Waals surface area contributed by atoms with Crippen molar-refractivity contribution in [2.45, 2.75) is 39.2 Å². The first-order valence-electron chi connectivity index (χ1n) is 10.6. The molecular weight excluding hydrogens is 410 g/mol. The summed E-state index contributed by atoms with van der Waals surface area (Å²) in [6, 6.07) is 17.3. The molecule has 0 saturated carbocycles. The van der Waals surface area contributed by atoms with Gasteiger partial charge in [-0.3, -0.25) is 0 Å². The van der Waals surface area contributed by atoms with Crippen molar-refractivity contribution in [2.75, 3.05) is 7.11 Å². The lowest BCUT2D eigenvalue weighted by molar-refractivity contribution is 0.0603. The molecule has 1 aromatic heterocycles. The van der Waals surface area contributed by atoms with Gasteiger partial charge in [0.05, 0.1) is 29.1 Å². The van der Waals surface area contributed by atoms with E-state index in [2.05, 4.69) is 17.6 Å². The number of hydrogen-bond acceptors (Lipinski definition) is 3. The maximum Gasteiger partial charge on any atom is 0.338 e. The number of phenolic OH excluding ortho intramolecular Hbond substituents is 1. The number of ether oxygens (including phenoxy) is 1. The topological polar surface area (TPSA) is 51.5 Å². The number of aryl methyl sites for hydroxylation is 1. The van der Waals surface area contributed by atoms with E-state index in [0.29, 0.717) is 27.9 Å². The summed E-state index contributed by atoms with van der Waals surface area (Å²) in [4.78, 5) is 12.5. The number of nitrogens with zero attached hydrogens (tertiary/aromatic N) is 1. The SMILES string of the molecule is CCCCCc1cc(O)c2c3c(C(=O)OC)cccc3n(Cc3cccc(Cl)c3)c2c1. The zero-order valence-electron chi connectivity index (χ0n) is 17.8. The van der Waals surface area contributed by atoms with Crippen molar-refractivity contribution in [1.82, 2.24) is 4.57 Å². The minimum atomic E-state index is -0.418. The summed E-state index contributed by atoms with van der Waals surface area (Å²) in [6.07, 6.45) is 4.27. The van der Waals surface area contributed by atoms with E-state index < -0.39 is 5.97 Å². The van der Waals surface area contributed by atoms with Gasteiger partial charge >= 0.3 is 5.97 Å². The zero-order valence-corrected chi connectivity index (χ0v) is 18.6. The smallest absolute Gasteiger partial charge is 0.338 e. The first-order chi connectivity index (χ1) is 15.0. The highest BCUT2D eigenvalue weighted by Gasteiger charge is 2.21. The summed E-state index contributed by atoms with van der Waals surface area (Å²) in [5.41, 5.74) is 4.36. The molecule has 0 unspecified atom stereocenters. The molecule has 0 aliphatic heterocycles. The number of esters is 1. The summed E-state index contributed by atoms with van der Waals surface area (Å²) in [5, 5.41) is 13.1. The van der Waals surface area contributed by atoms with Gasteiger partial charge in [-0.15, -0.1) is 0 Å². The number of aromatic nitrogens is 1. The van der Waals surface area contributed by atoms with Crippen LogP contribution in [0.15, 0.2) is 54.6 Å². The molecule has 0 aliphatic rings. The molecule has 0 aliphatic carbocycles. The van der Waals surface area contributed by atoms with Crippen molar-refractivity contribution in [3.8, 4) is 5.75 Å². The fourth-order valence-electron chi connectivity index (χ4n) is 4.29. The number of aromatic hydroxyl groups is 1. The van der Waals surface area contributed by atoms with Crippen molar-refractivity contribution in [3.63, 3.8) is 0 Å². The molecule has 0 atom stereocenters. The third-order valence-electron chi connectivity index (χ3n) is 5.73. The van der Waals surface area contributed by atoms with Gasteiger partial charge in [-0.25, -0.2) is 4.79 Å². The lowest BCUT2D eigenvalue weighted by Crippen LogP contribution is -2.03. The number of carbonyl (C=O) groups excluding carboxylic acids is 1. The van der Waals surface area contributed by atoms with E-state index in [1.165, 1.54) is 7.11 Å². The van der Waals surface area contributed by atoms with Gasteiger partial charge in [0.2, 0.25) is 0 Å². The second-order valence-electron chi connectivity index (χ2n) is 7.87. The summed E-state index contributed by atoms with van der Waals surface area (Å²) < 4.78 is 7.16. The Labute approximate surface area is 187 Å². The van der Waals surface area contributed by atoms with Crippen LogP contribution in [0.25, 0.3) is 21.8 Å². The quantitative estimate of drug-likeness (QED) is 0.259. The Hall–Kier alpha value is -2.98. The Balaban J connectivity index is 1.98. The molecule has 160 valence electrons. The molecule has 0 spiro atoms. The minimum absolute atomic E-state index is 0.190. The lowest BCUT2D eigenvalue weighted by atomic mass is 10.0. The Bertz CT molecular complexity index is 1260. The molecule has 0 fully saturated rings. The van der Waals surface area contributed by atoms with Gasteiger partial charge in [-0.2, -0.15) is 0 Å². The number of benzene rings is 3. The normalized spacial score (nSPS) is 11.3. The Morgan fingerprint density at radius 1 is 1.00 bits per heavy atom. The predicted molar refractivity (Wildman–Crippen MR) is 126 cm³/mol. The number of unbranched alkanes of at least 4 members (excludes halogenated alkanes) is 2. The average molecular weight is 436 g/mol. The molecule has 4 aromatic rings. The van der Waals surface area contributed by atoms with E-state index in [9.17, 15) is 9.90 Å². The molecule has 0 amide bonds. The van der Waals surface area contributed by atoms with E-state index >= 15 is 0 Å². The van der Waals surface area contributed by atoms with Crippen LogP contribution >= 0.6 is 11.6 Å². The zero-order chi connectivity index (χ0) is 22.0. The van der Waals surface area contributed by atoms with Crippen LogP contribution in [-0.4, -0.2) is 22.8 Å². The molecule has 3 aromatic carbocycles. The highest BCUT2D eigenvalue weighted by atomic mass is 35.5. The summed E-state index contributed by atoms with van der Waals surface area (Å²) in [6.45, 7) is 2.75. The first-order valence-corrected chi connectivity index (χ1v) is 11.0. The third kappa shape index (κ3) is 4.13. The molecule has 4 nitrogen and oxygen atoms in total. The highest BCUT2D eigenvalue weighted by molar-refractivity contribution is 6.30. The van der Waals surface area contributed by atoms with E-state index in [0.717, 1.165) is 47.8 Å². The third-order valence-corrected chi connectivity index (χ3v) is 5.97. The molecule has 0 bridgehead atoms. The lowest BCUT2D eigenvalue weighted by Gasteiger charge is -2.10. The fraction of sp³-hybridized carbons (Fsp3) is 0.269. The van der Waals surface area contributed by atoms with Crippen LogP contribution in [0.5, 0.6) is 5.75 Å². The van der Waals surface area contributed by atoms with Crippen LogP contribution < -0.4 is 0 Å². The van der Waals surface area contributed by atoms with Crippen LogP contribution in [0.3, 0.4) is 0 Å². The van der Waals surface area contributed by atoms with Crippen molar-refractivity contribution in [2.24, 2.45) is 0 Å². The van der Waals surface area contributed by atoms with Crippen molar-refractivity contribution in [3.05, 3.63) is 76.3 Å². The van der Waals surface area contributed by atoms with E-state index in [-0.39, 0.29) is 5.75 Å². The van der Waals surface area contributed by atoms with Crippen LogP contribution in [0.1, 0.15) is 47.7 Å². The fourth-order valence-corrected chi connectivity index (χ4v) is 4.50. The summed E-state index contributed by atoms with van der Waals surface area (Å²) >= 11 is 6.22. The van der Waals surface area contributed by atoms with Crippen LogP contribution in [0, 0.1) is 0 Å². The number of rotatable bonds is 7. The standard InChI is InChI=1S/C26H26ClNO3/c1-3-4-5-8-17-14-22-25(23(29)15-17)24-20(26(30)31-2)11-7-12-21(24)28(22)16-18-9-6-10-19(27)13-18/h6-7,9-15,29H,3-5,8,16H2,1-2H3. The van der Waals surface area contributed by atoms with Crippen molar-refractivity contribution in [1.29, 1.82) is 0 Å². The number of methoxy groups -OCH3 is 1. The first kappa shape index (κ1) is 21.3.